The highest BCUT2D eigenvalue weighted by atomic mass is 28.4. The summed E-state index contributed by atoms with van der Waals surface area (Å²) in [5.41, 5.74) is 1.25. The number of rotatable bonds is 26. The van der Waals surface area contributed by atoms with Crippen LogP contribution in [0.25, 0.3) is 0 Å². The third-order valence-electron chi connectivity index (χ3n) is 17.2. The Hall–Kier alpha value is -0.982. The second-order valence-electron chi connectivity index (χ2n) is 27.6. The van der Waals surface area contributed by atoms with E-state index in [0.717, 1.165) is 6.42 Å². The van der Waals surface area contributed by atoms with Gasteiger partial charge < -0.3 is 37.0 Å². The fraction of sp³-hybridized carbons (Fsp3) is 0.842. The van der Waals surface area contributed by atoms with Gasteiger partial charge >= 0.3 is 5.97 Å². The Morgan fingerprint density at radius 3 is 1.61 bits per heavy atom. The van der Waals surface area contributed by atoms with Crippen LogP contribution < -0.4 is 0 Å². The van der Waals surface area contributed by atoms with Crippen molar-refractivity contribution < 1.29 is 41.8 Å². The average molecular weight is 1050 g/mol. The summed E-state index contributed by atoms with van der Waals surface area (Å²) in [7, 11) is -7.60. The van der Waals surface area contributed by atoms with Crippen LogP contribution in [0.2, 0.25) is 72.5 Å². The maximum atomic E-state index is 14.0. The van der Waals surface area contributed by atoms with Gasteiger partial charge in [-0.2, -0.15) is 0 Å². The van der Waals surface area contributed by atoms with Crippen LogP contribution in [0.15, 0.2) is 48.6 Å². The van der Waals surface area contributed by atoms with Crippen LogP contribution in [-0.4, -0.2) is 101 Å². The predicted octanol–water partition coefficient (Wildman–Crippen LogP) is 15.7. The molecule has 0 aromatic heterocycles. The molecule has 0 unspecified atom stereocenters. The monoisotopic (exact) mass is 1050 g/mol. The van der Waals surface area contributed by atoms with Gasteiger partial charge in [-0.25, -0.2) is 0 Å². The zero-order valence-electron chi connectivity index (χ0n) is 50.5. The largest absolute Gasteiger partial charge is 0.459 e. The van der Waals surface area contributed by atoms with E-state index in [-0.39, 0.29) is 80.8 Å². The molecule has 0 bridgehead atoms. The van der Waals surface area contributed by atoms with E-state index in [1.54, 1.807) is 13.2 Å². The van der Waals surface area contributed by atoms with Crippen LogP contribution in [0.3, 0.4) is 0 Å². The van der Waals surface area contributed by atoms with Crippen LogP contribution in [0.4, 0.5) is 0 Å². The molecule has 0 amide bonds. The molecule has 0 aromatic carbocycles. The fourth-order valence-corrected chi connectivity index (χ4v) is 13.8. The number of hydrogen-bond donors (Lipinski definition) is 1. The van der Waals surface area contributed by atoms with Gasteiger partial charge in [0.15, 0.2) is 33.3 Å². The number of cyclic esters (lactones) is 1. The van der Waals surface area contributed by atoms with Crippen molar-refractivity contribution in [2.24, 2.45) is 35.5 Å². The summed E-state index contributed by atoms with van der Waals surface area (Å²) in [6, 6.07) is 0. The maximum absolute atomic E-state index is 14.0. The minimum Gasteiger partial charge on any atom is -0.459 e. The summed E-state index contributed by atoms with van der Waals surface area (Å²) in [6.45, 7) is 64.4. The van der Waals surface area contributed by atoms with Crippen LogP contribution in [0.1, 0.15) is 144 Å². The van der Waals surface area contributed by atoms with E-state index in [9.17, 15) is 9.90 Å². The lowest BCUT2D eigenvalue weighted by molar-refractivity contribution is -0.187. The van der Waals surface area contributed by atoms with Gasteiger partial charge in [-0.15, -0.1) is 0 Å². The summed E-state index contributed by atoms with van der Waals surface area (Å²) in [5, 5.41) is 11.5. The molecule has 1 aliphatic heterocycles. The number of methoxy groups -OCH3 is 1. The second kappa shape index (κ2) is 26.2. The molecule has 0 aromatic rings. The lowest BCUT2D eigenvalue weighted by Crippen LogP contribution is -2.62. The zero-order valence-corrected chi connectivity index (χ0v) is 54.5. The molecule has 13 heteroatoms. The van der Waals surface area contributed by atoms with Gasteiger partial charge in [0.2, 0.25) is 0 Å². The van der Waals surface area contributed by atoms with Crippen LogP contribution >= 0.6 is 0 Å². The second-order valence-corrected chi connectivity index (χ2v) is 46.6. The quantitative estimate of drug-likeness (QED) is 0.0298. The molecule has 9 nitrogen and oxygen atoms in total. The zero-order chi connectivity index (χ0) is 55.0. The number of ether oxygens (including phenoxy) is 3. The van der Waals surface area contributed by atoms with Gasteiger partial charge in [0, 0.05) is 37.2 Å². The predicted molar refractivity (Wildman–Crippen MR) is 307 cm³/mol. The van der Waals surface area contributed by atoms with Gasteiger partial charge in [0.05, 0.1) is 36.4 Å². The van der Waals surface area contributed by atoms with Crippen LogP contribution in [-0.2, 0) is 36.7 Å². The normalized spacial score (nSPS) is 24.0. The van der Waals surface area contributed by atoms with Crippen molar-refractivity contribution in [2.45, 2.75) is 260 Å². The smallest absolute Gasteiger partial charge is 0.311 e. The topological polar surface area (TPSA) is 102 Å². The molecule has 13 atom stereocenters. The van der Waals surface area contributed by atoms with Crippen molar-refractivity contribution in [1.82, 2.24) is 0 Å². The SMILES string of the molecule is C=C/C=C\[C@H](C)[C@H](O)[C@@H](C)[C@H](O[Si](C)(C)C(C)(C)C)[C@@H](C)C/C(C)=C\[C@@H](C)[C@@H](OCOC)[C@@H](C)/C=C\[C@H](C[C@@H]1OC(=O)[C@H](C)[C@@H](O[Si](C)(C)C(C)(C)C)[C@H]1O[Si](C)(C)C(C)(C)C)O[Si](C)(C)C(C)(C)C. The molecular weight excluding hydrogens is 941 g/mol. The maximum Gasteiger partial charge on any atom is 0.311 e. The lowest BCUT2D eigenvalue weighted by Gasteiger charge is -2.50. The number of carbonyl (C=O) groups is 1. The van der Waals surface area contributed by atoms with Crippen molar-refractivity contribution in [2.75, 3.05) is 13.9 Å². The Labute approximate surface area is 436 Å². The van der Waals surface area contributed by atoms with Crippen molar-refractivity contribution in [3.63, 3.8) is 0 Å². The minimum atomic E-state index is -2.38. The first-order chi connectivity index (χ1) is 31.4. The molecule has 1 saturated heterocycles. The summed E-state index contributed by atoms with van der Waals surface area (Å²) >= 11 is 0. The van der Waals surface area contributed by atoms with Gasteiger partial charge in [0.1, 0.15) is 19.0 Å². The molecule has 0 saturated carbocycles. The molecule has 0 aliphatic carbocycles. The molecule has 1 aliphatic rings. The van der Waals surface area contributed by atoms with Gasteiger partial charge in [-0.05, 0) is 98.7 Å². The van der Waals surface area contributed by atoms with Crippen molar-refractivity contribution in [1.29, 1.82) is 0 Å². The molecule has 1 heterocycles. The molecule has 0 radical (unpaired) electrons. The number of allylic oxidation sites excluding steroid dienone is 3. The first-order valence-electron chi connectivity index (χ1n) is 26.7. The average Bonchev–Trinajstić information content (AvgIpc) is 3.18. The van der Waals surface area contributed by atoms with E-state index in [1.807, 2.05) is 19.1 Å². The molecule has 1 fully saturated rings. The summed E-state index contributed by atoms with van der Waals surface area (Å²) in [4.78, 5) is 14.0. The number of aliphatic hydroxyl groups is 1. The van der Waals surface area contributed by atoms with Gasteiger partial charge in [-0.1, -0.05) is 166 Å². The highest BCUT2D eigenvalue weighted by Crippen LogP contribution is 2.46. The molecule has 1 N–H and O–H groups in total. The van der Waals surface area contributed by atoms with Crippen LogP contribution in [0, 0.1) is 35.5 Å². The Bertz CT molecular complexity index is 1710. The third kappa shape index (κ3) is 19.0. The standard InChI is InChI=1S/C57H112O9Si4/c1-30-31-32-40(3)48(58)44(7)50(64-68(24,25)55(12,13)14)43(6)36-39(2)35-42(5)49(61-38-60-21)41(4)33-34-46(63-67(22,23)54(9,10)11)37-47-52(66-70(28,29)57(18,19)20)51(45(8)53(59)62-47)65-69(26,27)56(15,16)17/h30-35,40-52,58H,1,36-38H2,2-29H3/b32-31-,34-33-,39-35-/t40-,41-,42+,43-,44+,45+,46+,47-,48-,49-,50+,51+,52-/m0/s1. The van der Waals surface area contributed by atoms with Crippen molar-refractivity contribution in [3.8, 4) is 0 Å². The lowest BCUT2D eigenvalue weighted by atomic mass is 9.81. The molecular formula is C57H112O9Si4. The van der Waals surface area contributed by atoms with E-state index in [4.69, 9.17) is 31.9 Å². The van der Waals surface area contributed by atoms with Gasteiger partial charge in [0.25, 0.3) is 0 Å². The van der Waals surface area contributed by atoms with E-state index in [0.29, 0.717) is 6.42 Å². The summed E-state index contributed by atoms with van der Waals surface area (Å²) in [6.07, 6.45) is 11.0. The first kappa shape index (κ1) is 67.0. The summed E-state index contributed by atoms with van der Waals surface area (Å²) in [5.74, 6) is -0.708. The number of aliphatic hydroxyl groups excluding tert-OH is 1. The number of carbonyl (C=O) groups excluding carboxylic acids is 1. The minimum absolute atomic E-state index is 0.0227. The Kier molecular flexibility index (Phi) is 25.1. The Morgan fingerprint density at radius 1 is 0.686 bits per heavy atom. The number of hydrogen-bond acceptors (Lipinski definition) is 9. The third-order valence-corrected chi connectivity index (χ3v) is 35.1. The van der Waals surface area contributed by atoms with E-state index < -0.39 is 63.6 Å². The highest BCUT2D eigenvalue weighted by molar-refractivity contribution is 6.75. The summed E-state index contributed by atoms with van der Waals surface area (Å²) < 4.78 is 47.7. The molecule has 70 heavy (non-hydrogen) atoms. The Morgan fingerprint density at radius 2 is 1.16 bits per heavy atom. The fourth-order valence-electron chi connectivity index (χ4n) is 8.31. The Balaban J connectivity index is 3.83. The highest BCUT2D eigenvalue weighted by Gasteiger charge is 2.54. The van der Waals surface area contributed by atoms with E-state index >= 15 is 0 Å². The van der Waals surface area contributed by atoms with Crippen molar-refractivity contribution in [3.05, 3.63) is 48.6 Å². The van der Waals surface area contributed by atoms with Crippen molar-refractivity contribution >= 4 is 39.2 Å². The number of esters is 1. The van der Waals surface area contributed by atoms with E-state index in [2.05, 4.69) is 202 Å². The van der Waals surface area contributed by atoms with E-state index in [1.165, 1.54) is 5.57 Å². The van der Waals surface area contributed by atoms with Gasteiger partial charge in [-0.3, -0.25) is 4.79 Å². The first-order valence-corrected chi connectivity index (χ1v) is 38.4. The molecule has 0 spiro atoms. The molecule has 410 valence electrons. The molecule has 1 rings (SSSR count). The van der Waals surface area contributed by atoms with Crippen LogP contribution in [0.5, 0.6) is 0 Å².